The summed E-state index contributed by atoms with van der Waals surface area (Å²) >= 11 is 0. The number of ketones is 1. The molecule has 1 atom stereocenters. The van der Waals surface area contributed by atoms with Crippen LogP contribution in [0.3, 0.4) is 0 Å². The van der Waals surface area contributed by atoms with Crippen LogP contribution < -0.4 is 32.0 Å². The Kier molecular flexibility index (Phi) is 28.5. The monoisotopic (exact) mass is 1410 g/mol. The van der Waals surface area contributed by atoms with Gasteiger partial charge >= 0.3 is 0 Å². The van der Waals surface area contributed by atoms with Crippen molar-refractivity contribution in [2.45, 2.75) is 320 Å². The van der Waals surface area contributed by atoms with E-state index in [9.17, 15) is 14.4 Å². The Morgan fingerprint density at radius 1 is 0.525 bits per heavy atom. The summed E-state index contributed by atoms with van der Waals surface area (Å²) in [6.45, 7) is 93.5. The maximum atomic E-state index is 11.0. The first-order valence-electron chi connectivity index (χ1n) is 39.8. The molecular formula is C84H158N14O3. The Labute approximate surface area is 620 Å². The zero-order valence-electron chi connectivity index (χ0n) is 70.4. The number of Topliss-reactive ketones (excluding diaryl/α,β-unsaturated/α-hetero) is 1. The highest BCUT2D eigenvalue weighted by Gasteiger charge is 2.67. The number of amides is 2. The van der Waals surface area contributed by atoms with Gasteiger partial charge in [-0.3, -0.25) is 34.6 Å². The van der Waals surface area contributed by atoms with E-state index in [0.29, 0.717) is 67.1 Å². The minimum absolute atomic E-state index is 0.0388. The molecule has 6 N–H and O–H groups in total. The van der Waals surface area contributed by atoms with Crippen molar-refractivity contribution in [3.05, 3.63) is 49.1 Å². The van der Waals surface area contributed by atoms with Gasteiger partial charge in [-0.2, -0.15) is 0 Å². The Bertz CT molecular complexity index is 2730. The molecule has 17 heteroatoms. The predicted molar refractivity (Wildman–Crippen MR) is 426 cm³/mol. The van der Waals surface area contributed by atoms with Crippen LogP contribution >= 0.6 is 0 Å². The molecule has 13 fully saturated rings. The van der Waals surface area contributed by atoms with Crippen LogP contribution in [-0.2, 0) is 14.4 Å². The summed E-state index contributed by atoms with van der Waals surface area (Å²) in [6, 6.07) is 1.72. The van der Waals surface area contributed by atoms with E-state index in [4.69, 9.17) is 0 Å². The molecule has 13 rings (SSSR count). The molecule has 9 aliphatic heterocycles. The van der Waals surface area contributed by atoms with Crippen molar-refractivity contribution in [2.75, 3.05) is 118 Å². The second-order valence-electron chi connectivity index (χ2n) is 41.5. The number of piperidine rings is 1. The van der Waals surface area contributed by atoms with E-state index in [1.165, 1.54) is 166 Å². The van der Waals surface area contributed by atoms with E-state index in [1.54, 1.807) is 20.8 Å². The third kappa shape index (κ3) is 25.8. The summed E-state index contributed by atoms with van der Waals surface area (Å²) in [6.07, 6.45) is 15.8. The Morgan fingerprint density at radius 3 is 1.37 bits per heavy atom. The first-order valence-corrected chi connectivity index (χ1v) is 39.8. The van der Waals surface area contributed by atoms with Crippen molar-refractivity contribution < 1.29 is 14.4 Å². The second kappa shape index (κ2) is 33.3. The molecule has 1 unspecified atom stereocenters. The molecule has 2 amide bonds. The topological polar surface area (TPSA) is 149 Å². The van der Waals surface area contributed by atoms with Crippen molar-refractivity contribution in [2.24, 2.45) is 33.0 Å². The number of nitrogens with zero attached hydrogens (tertiary/aromatic N) is 8. The van der Waals surface area contributed by atoms with Gasteiger partial charge in [0.15, 0.2) is 0 Å². The van der Waals surface area contributed by atoms with Crippen LogP contribution in [-0.4, -0.2) is 232 Å². The van der Waals surface area contributed by atoms with Gasteiger partial charge < -0.3 is 46.1 Å². The maximum absolute atomic E-state index is 11.0. The van der Waals surface area contributed by atoms with Crippen LogP contribution in [0.5, 0.6) is 0 Å². The zero-order chi connectivity index (χ0) is 76.1. The summed E-state index contributed by atoms with van der Waals surface area (Å²) < 4.78 is 0. The molecule has 2 bridgehead atoms. The number of hydrogen-bond donors (Lipinski definition) is 6. The number of likely N-dealkylation sites (tertiary alicyclic amines) is 7. The Balaban J connectivity index is 0.000000186. The molecule has 0 radical (unpaired) electrons. The minimum Gasteiger partial charge on any atom is -0.383 e. The van der Waals surface area contributed by atoms with Crippen LogP contribution in [0.15, 0.2) is 49.1 Å². The zero-order valence-corrected chi connectivity index (χ0v) is 70.4. The van der Waals surface area contributed by atoms with Crippen LogP contribution in [0.4, 0.5) is 0 Å². The molecule has 9 heterocycles. The number of rotatable bonds is 13. The standard InChI is InChI=1S/2C13H24N2.C12H24N2O.C12H22N2.C12H21NO.C11H21N3O.C11H22N2/c1-10(2)15-8-13(9-15)6-11(7-13)14-12(3,4)5;1-11-5-6-13(14-11)7-9-15(10-8-13)12(2,3)4;1-10(15)13-11-6-5-8-14(9-7-11)12(2,3)4;1-10(2)13-6-12(7-13)8-14(9-12)11(3,4)5;1-9(2)13-8-12-5-11(6-12,7-12)4-10(3)14;1-9(15)12-14-7-11(8-14)5-13(6-11)10(2,3)4;1-9(2)13-7-10(8-13)6-12-11(3,4)5/h11,14H,1,6-9H2,2-5H3;14H,1,5-10H2,2-4H3;11H,5-9H2,1-4H3,(H,13,15);1,6-9H2,2-5H3;9,13H,4-8H2,1-3H3;5-8H2,1-4H3,(H,12,15);10,12H,1,6-8H2,2-5H3. The lowest BCUT2D eigenvalue weighted by atomic mass is 9.34. The molecule has 4 saturated carbocycles. The summed E-state index contributed by atoms with van der Waals surface area (Å²) in [5.74, 6) is 1.33. The van der Waals surface area contributed by atoms with Gasteiger partial charge in [0, 0.05) is 233 Å². The normalized spacial score (nSPS) is 26.6. The molecule has 13 aliphatic rings. The average molecular weight is 1410 g/mol. The molecule has 0 aromatic heterocycles. The smallest absolute Gasteiger partial charge is 0.231 e. The van der Waals surface area contributed by atoms with Crippen molar-refractivity contribution >= 4 is 17.6 Å². The molecule has 4 spiro atoms. The van der Waals surface area contributed by atoms with Crippen molar-refractivity contribution in [1.82, 2.24) is 71.3 Å². The van der Waals surface area contributed by atoms with Gasteiger partial charge in [0.1, 0.15) is 5.78 Å². The summed E-state index contributed by atoms with van der Waals surface area (Å²) in [7, 11) is 0. The van der Waals surface area contributed by atoms with Gasteiger partial charge in [0.2, 0.25) is 11.8 Å². The fraction of sp³-hybridized carbons (Fsp3) is 0.869. The third-order valence-corrected chi connectivity index (χ3v) is 23.8. The quantitative estimate of drug-likeness (QED) is 0.104. The van der Waals surface area contributed by atoms with E-state index >= 15 is 0 Å². The largest absolute Gasteiger partial charge is 0.383 e. The molecule has 0 aromatic rings. The Hall–Kier alpha value is -3.55. The number of nitrogens with one attached hydrogen (secondary N) is 6. The fourth-order valence-electron chi connectivity index (χ4n) is 18.1. The van der Waals surface area contributed by atoms with Gasteiger partial charge in [-0.05, 0) is 247 Å². The third-order valence-electron chi connectivity index (χ3n) is 23.8. The van der Waals surface area contributed by atoms with Gasteiger partial charge in [-0.25, -0.2) is 5.01 Å². The SMILES string of the molecule is C=C(C)N1CC(CNC(C)(C)C)C1.C=C(C)N1CC2(C1)CN(C(C)(C)C)C2.C=C(C)N1CC2(CC(NC(C)(C)C)C2)C1.C=C1CCC2(CCN(C(C)(C)C)CC2)N1.CC(=O)CC12CC(CNC(C)C)(C1)C2.CC(=O)NC1CCCN(C(C)(C)C)CC1.CC(=O)NN1CC2(C1)CN(C(C)(C)C)C2. The molecule has 582 valence electrons. The molecule has 17 nitrogen and oxygen atoms in total. The van der Waals surface area contributed by atoms with Gasteiger partial charge in [-0.1, -0.05) is 40.2 Å². The average Bonchev–Trinajstić information content (AvgIpc) is 0.905. The van der Waals surface area contributed by atoms with Crippen molar-refractivity contribution in [3.8, 4) is 0 Å². The first kappa shape index (κ1) is 86.4. The lowest BCUT2D eigenvalue weighted by Crippen LogP contribution is -2.76. The van der Waals surface area contributed by atoms with Gasteiger partial charge in [-0.15, -0.1) is 0 Å². The number of allylic oxidation sites excluding steroid dienone is 4. The van der Waals surface area contributed by atoms with E-state index in [1.807, 2.05) is 5.01 Å². The van der Waals surface area contributed by atoms with Gasteiger partial charge in [0.05, 0.1) is 0 Å². The highest BCUT2D eigenvalue weighted by molar-refractivity contribution is 5.77. The molecule has 101 heavy (non-hydrogen) atoms. The fourth-order valence-corrected chi connectivity index (χ4v) is 18.1. The number of carbonyl (C=O) groups excluding carboxylic acids is 3. The lowest BCUT2D eigenvalue weighted by Gasteiger charge is -2.71. The van der Waals surface area contributed by atoms with Crippen LogP contribution in [0.1, 0.15) is 263 Å². The van der Waals surface area contributed by atoms with Gasteiger partial charge in [0.25, 0.3) is 0 Å². The maximum Gasteiger partial charge on any atom is 0.231 e. The van der Waals surface area contributed by atoms with Crippen LogP contribution in [0.25, 0.3) is 0 Å². The second-order valence-corrected chi connectivity index (χ2v) is 41.5. The van der Waals surface area contributed by atoms with Crippen LogP contribution in [0.2, 0.25) is 0 Å². The van der Waals surface area contributed by atoms with E-state index < -0.39 is 0 Å². The highest BCUT2D eigenvalue weighted by Crippen LogP contribution is 2.74. The Morgan fingerprint density at radius 2 is 0.980 bits per heavy atom. The number of hydrazine groups is 1. The summed E-state index contributed by atoms with van der Waals surface area (Å²) in [4.78, 5) is 50.1. The molecule has 9 saturated heterocycles. The molecule has 4 aliphatic carbocycles. The minimum atomic E-state index is 0.0388. The van der Waals surface area contributed by atoms with E-state index in [-0.39, 0.29) is 28.4 Å². The van der Waals surface area contributed by atoms with Crippen LogP contribution in [0, 0.1) is 33.0 Å². The first-order chi connectivity index (χ1) is 46.1. The number of hydrogen-bond acceptors (Lipinski definition) is 15. The van der Waals surface area contributed by atoms with Crippen molar-refractivity contribution in [3.63, 3.8) is 0 Å². The predicted octanol–water partition coefficient (Wildman–Crippen LogP) is 13.0. The lowest BCUT2D eigenvalue weighted by molar-refractivity contribution is -0.204. The van der Waals surface area contributed by atoms with Crippen molar-refractivity contribution in [1.29, 1.82) is 0 Å². The summed E-state index contributed by atoms with van der Waals surface area (Å²) in [5.41, 5.74) is 12.7. The summed E-state index contributed by atoms with van der Waals surface area (Å²) in [5, 5.41) is 19.4. The van der Waals surface area contributed by atoms with E-state index in [0.717, 1.165) is 70.5 Å². The molecule has 0 aromatic carbocycles. The highest BCUT2D eigenvalue weighted by atomic mass is 16.2. The van der Waals surface area contributed by atoms with E-state index in [2.05, 4.69) is 252 Å². The molecular weight excluding hydrogens is 1250 g/mol. The number of carbonyl (C=O) groups is 3.